The topological polar surface area (TPSA) is 51.5 Å². The van der Waals surface area contributed by atoms with Gasteiger partial charge in [-0.25, -0.2) is 12.4 Å². The van der Waals surface area contributed by atoms with Crippen LogP contribution in [0.1, 0.15) is 12.0 Å². The van der Waals surface area contributed by atoms with Gasteiger partial charge in [0.15, 0.2) is 0 Å². The molecule has 3 aromatic rings. The molecule has 0 spiro atoms. The van der Waals surface area contributed by atoms with E-state index in [0.717, 1.165) is 36.3 Å². The Kier molecular flexibility index (Phi) is 5.27. The summed E-state index contributed by atoms with van der Waals surface area (Å²) in [7, 11) is -1.97. The Balaban J connectivity index is 0.00000196. The number of rotatable bonds is 5. The summed E-state index contributed by atoms with van der Waals surface area (Å²) < 4.78 is 32.8. The van der Waals surface area contributed by atoms with E-state index >= 15 is 0 Å². The van der Waals surface area contributed by atoms with Crippen LogP contribution in [0.4, 0.5) is 0 Å². The molecule has 2 aromatic carbocycles. The molecule has 1 aliphatic rings. The van der Waals surface area contributed by atoms with Crippen LogP contribution in [0.5, 0.6) is 5.75 Å². The van der Waals surface area contributed by atoms with Crippen LogP contribution in [0.25, 0.3) is 10.9 Å². The zero-order chi connectivity index (χ0) is 17.4. The Morgan fingerprint density at radius 1 is 1.04 bits per heavy atom. The van der Waals surface area contributed by atoms with Gasteiger partial charge in [-0.15, -0.1) is 12.4 Å². The number of fused-ring (bicyclic) bond motifs is 1. The molecule has 1 fully saturated rings. The van der Waals surface area contributed by atoms with Crippen molar-refractivity contribution in [2.24, 2.45) is 0 Å². The number of hydrogen-bond donors (Lipinski definition) is 0. The maximum Gasteiger partial charge on any atom is 0.268 e. The molecule has 138 valence electrons. The number of halogens is 1. The van der Waals surface area contributed by atoms with Crippen molar-refractivity contribution in [1.29, 1.82) is 0 Å². The summed E-state index contributed by atoms with van der Waals surface area (Å²) in [5.41, 5.74) is 1.72. The molecule has 5 nitrogen and oxygen atoms in total. The van der Waals surface area contributed by atoms with Crippen LogP contribution >= 0.6 is 12.4 Å². The first-order chi connectivity index (χ1) is 12.1. The molecule has 26 heavy (non-hydrogen) atoms. The second-order valence-corrected chi connectivity index (χ2v) is 8.05. The Morgan fingerprint density at radius 3 is 2.38 bits per heavy atom. The molecule has 1 aromatic heterocycles. The summed E-state index contributed by atoms with van der Waals surface area (Å²) >= 11 is 0. The van der Waals surface area contributed by atoms with Crippen LogP contribution in [0.3, 0.4) is 0 Å². The molecule has 0 bridgehead atoms. The predicted octanol–water partition coefficient (Wildman–Crippen LogP) is 3.51. The number of aromatic nitrogens is 1. The lowest BCUT2D eigenvalue weighted by Gasteiger charge is -2.31. The highest BCUT2D eigenvalue weighted by Gasteiger charge is 2.23. The molecule has 0 radical (unpaired) electrons. The van der Waals surface area contributed by atoms with Crippen LogP contribution in [0.15, 0.2) is 59.6 Å². The van der Waals surface area contributed by atoms with Crippen LogP contribution in [-0.4, -0.2) is 37.5 Å². The van der Waals surface area contributed by atoms with E-state index in [0.29, 0.717) is 5.52 Å². The monoisotopic (exact) mass is 392 g/mol. The highest BCUT2D eigenvalue weighted by atomic mass is 35.5. The van der Waals surface area contributed by atoms with Crippen molar-refractivity contribution in [3.8, 4) is 5.75 Å². The standard InChI is InChI=1S/C19H20N2O3S.ClH/c1-24-19-9-8-18-16(17(19)14-20-11-5-12-20)10-13-21(18)25(22,23)15-6-3-2-4-7-15;/h2-4,6-10,13H,5,11-12,14H2,1H3;1H. The first-order valence-electron chi connectivity index (χ1n) is 8.31. The van der Waals surface area contributed by atoms with Gasteiger partial charge in [-0.2, -0.15) is 0 Å². The second kappa shape index (κ2) is 7.31. The molecule has 0 unspecified atom stereocenters. The molecule has 0 N–H and O–H groups in total. The van der Waals surface area contributed by atoms with E-state index in [2.05, 4.69) is 4.90 Å². The number of nitrogens with zero attached hydrogens (tertiary/aromatic N) is 2. The molecule has 2 heterocycles. The van der Waals surface area contributed by atoms with Gasteiger partial charge in [0, 0.05) is 23.7 Å². The summed E-state index contributed by atoms with van der Waals surface area (Å²) in [6.45, 7) is 2.92. The summed E-state index contributed by atoms with van der Waals surface area (Å²) in [4.78, 5) is 2.62. The Bertz CT molecular complexity index is 1010. The van der Waals surface area contributed by atoms with Crippen molar-refractivity contribution in [2.75, 3.05) is 20.2 Å². The maximum atomic E-state index is 13.0. The smallest absolute Gasteiger partial charge is 0.268 e. The zero-order valence-electron chi connectivity index (χ0n) is 14.5. The number of methoxy groups -OCH3 is 1. The van der Waals surface area contributed by atoms with E-state index in [1.165, 1.54) is 10.4 Å². The third kappa shape index (κ3) is 3.09. The lowest BCUT2D eigenvalue weighted by Crippen LogP contribution is -2.36. The van der Waals surface area contributed by atoms with Gasteiger partial charge in [0.1, 0.15) is 5.75 Å². The molecule has 1 aliphatic heterocycles. The minimum atomic E-state index is -3.62. The molecule has 0 amide bonds. The SMILES string of the molecule is COc1ccc2c(ccn2S(=O)(=O)c2ccccc2)c1CN1CCC1.Cl. The third-order valence-corrected chi connectivity index (χ3v) is 6.46. The first kappa shape index (κ1) is 18.8. The summed E-state index contributed by atoms with van der Waals surface area (Å²) in [6, 6.07) is 14.0. The van der Waals surface area contributed by atoms with Crippen molar-refractivity contribution in [2.45, 2.75) is 17.9 Å². The van der Waals surface area contributed by atoms with Crippen LogP contribution in [-0.2, 0) is 16.6 Å². The number of benzene rings is 2. The Hall–Kier alpha value is -2.02. The van der Waals surface area contributed by atoms with Crippen molar-refractivity contribution in [3.05, 3.63) is 60.3 Å². The van der Waals surface area contributed by atoms with Crippen LogP contribution in [0.2, 0.25) is 0 Å². The van der Waals surface area contributed by atoms with Gasteiger partial charge in [-0.1, -0.05) is 18.2 Å². The molecule has 0 aliphatic carbocycles. The Morgan fingerprint density at radius 2 is 1.77 bits per heavy atom. The average molecular weight is 393 g/mol. The van der Waals surface area contributed by atoms with E-state index < -0.39 is 10.0 Å². The minimum absolute atomic E-state index is 0. The molecule has 4 rings (SSSR count). The van der Waals surface area contributed by atoms with Crippen molar-refractivity contribution < 1.29 is 13.2 Å². The molecular weight excluding hydrogens is 372 g/mol. The van der Waals surface area contributed by atoms with E-state index in [4.69, 9.17) is 4.74 Å². The predicted molar refractivity (Wildman–Crippen MR) is 105 cm³/mol. The largest absolute Gasteiger partial charge is 0.496 e. The quantitative estimate of drug-likeness (QED) is 0.666. The van der Waals surface area contributed by atoms with Gasteiger partial charge in [0.05, 0.1) is 17.5 Å². The van der Waals surface area contributed by atoms with E-state index in [1.54, 1.807) is 37.6 Å². The lowest BCUT2D eigenvalue weighted by atomic mass is 10.1. The number of ether oxygens (including phenoxy) is 1. The third-order valence-electron chi connectivity index (χ3n) is 4.76. The van der Waals surface area contributed by atoms with Gasteiger partial charge >= 0.3 is 0 Å². The van der Waals surface area contributed by atoms with E-state index in [1.807, 2.05) is 24.3 Å². The van der Waals surface area contributed by atoms with Crippen molar-refractivity contribution in [3.63, 3.8) is 0 Å². The maximum absolute atomic E-state index is 13.0. The van der Waals surface area contributed by atoms with Crippen LogP contribution in [0, 0.1) is 0 Å². The van der Waals surface area contributed by atoms with Crippen molar-refractivity contribution >= 4 is 33.3 Å². The second-order valence-electron chi connectivity index (χ2n) is 6.24. The van der Waals surface area contributed by atoms with Gasteiger partial charge < -0.3 is 4.74 Å². The fourth-order valence-corrected chi connectivity index (χ4v) is 4.63. The molecular formula is C19H21ClN2O3S. The summed E-state index contributed by atoms with van der Waals surface area (Å²) in [6.07, 6.45) is 2.84. The summed E-state index contributed by atoms with van der Waals surface area (Å²) in [5.74, 6) is 0.800. The van der Waals surface area contributed by atoms with E-state index in [9.17, 15) is 8.42 Å². The van der Waals surface area contributed by atoms with Crippen molar-refractivity contribution in [1.82, 2.24) is 8.87 Å². The Labute approximate surface area is 159 Å². The minimum Gasteiger partial charge on any atom is -0.496 e. The average Bonchev–Trinajstić information content (AvgIpc) is 3.03. The summed E-state index contributed by atoms with van der Waals surface area (Å²) in [5, 5.41) is 0.922. The lowest BCUT2D eigenvalue weighted by molar-refractivity contribution is 0.171. The molecule has 7 heteroatoms. The zero-order valence-corrected chi connectivity index (χ0v) is 16.1. The number of likely N-dealkylation sites (tertiary alicyclic amines) is 1. The first-order valence-corrected chi connectivity index (χ1v) is 9.75. The van der Waals surface area contributed by atoms with Gasteiger partial charge in [0.2, 0.25) is 0 Å². The fourth-order valence-electron chi connectivity index (χ4n) is 3.27. The fraction of sp³-hybridized carbons (Fsp3) is 0.263. The van der Waals surface area contributed by atoms with Gasteiger partial charge in [-0.3, -0.25) is 4.90 Å². The molecule has 1 saturated heterocycles. The number of hydrogen-bond acceptors (Lipinski definition) is 4. The van der Waals surface area contributed by atoms with Crippen LogP contribution < -0.4 is 4.74 Å². The van der Waals surface area contributed by atoms with Gasteiger partial charge in [0.25, 0.3) is 10.0 Å². The highest BCUT2D eigenvalue weighted by Crippen LogP contribution is 2.32. The molecule has 0 saturated carbocycles. The van der Waals surface area contributed by atoms with Gasteiger partial charge in [-0.05, 0) is 49.8 Å². The molecule has 0 atom stereocenters. The van der Waals surface area contributed by atoms with E-state index in [-0.39, 0.29) is 17.3 Å². The highest BCUT2D eigenvalue weighted by molar-refractivity contribution is 7.90. The normalized spacial score (nSPS) is 14.7.